The molecule has 2 aromatic carbocycles. The van der Waals surface area contributed by atoms with Crippen LogP contribution in [-0.2, 0) is 11.0 Å². The maximum absolute atomic E-state index is 12.5. The van der Waals surface area contributed by atoms with Crippen LogP contribution in [0.5, 0.6) is 5.75 Å². The minimum Gasteiger partial charge on any atom is -0.489 e. The molecule has 156 valence electrons. The molecule has 0 radical (unpaired) electrons. The molecule has 0 aliphatic heterocycles. The summed E-state index contributed by atoms with van der Waals surface area (Å²) in [6.45, 7) is 2.06. The van der Waals surface area contributed by atoms with Gasteiger partial charge < -0.3 is 14.6 Å². The smallest absolute Gasteiger partial charge is 0.471 e. The van der Waals surface area contributed by atoms with Crippen LogP contribution in [0.2, 0.25) is 0 Å². The zero-order valence-corrected chi connectivity index (χ0v) is 15.9. The number of rotatable bonds is 7. The van der Waals surface area contributed by atoms with Gasteiger partial charge >= 0.3 is 12.1 Å². The van der Waals surface area contributed by atoms with Crippen molar-refractivity contribution in [3.63, 3.8) is 0 Å². The molecule has 0 aliphatic carbocycles. The van der Waals surface area contributed by atoms with E-state index in [-0.39, 0.29) is 24.4 Å². The lowest BCUT2D eigenvalue weighted by Crippen LogP contribution is -2.32. The number of ether oxygens (including phenoxy) is 1. The summed E-state index contributed by atoms with van der Waals surface area (Å²) in [5.74, 6) is -1.33. The van der Waals surface area contributed by atoms with Gasteiger partial charge in [-0.05, 0) is 42.8 Å². The number of hydrogen-bond acceptors (Lipinski definition) is 5. The molecular weight excluding hydrogens is 399 g/mol. The zero-order chi connectivity index (χ0) is 21.6. The molecule has 1 atom stereocenters. The van der Waals surface area contributed by atoms with E-state index in [4.69, 9.17) is 4.74 Å². The molecule has 1 amide bonds. The predicted molar refractivity (Wildman–Crippen MR) is 103 cm³/mol. The number of carbonyl (C=O) groups excluding carboxylic acids is 1. The summed E-state index contributed by atoms with van der Waals surface area (Å²) in [5, 5.41) is 6.07. The fourth-order valence-electron chi connectivity index (χ4n) is 2.45. The van der Waals surface area contributed by atoms with Crippen molar-refractivity contribution in [2.45, 2.75) is 19.2 Å². The molecule has 1 unspecified atom stereocenters. The first-order chi connectivity index (χ1) is 14.3. The Hall–Kier alpha value is -3.62. The number of benzene rings is 2. The highest BCUT2D eigenvalue weighted by Gasteiger charge is 2.38. The number of alkyl halides is 3. The van der Waals surface area contributed by atoms with E-state index in [2.05, 4.69) is 20.0 Å². The molecule has 0 spiro atoms. The Morgan fingerprint density at radius 1 is 1.17 bits per heavy atom. The topological polar surface area (TPSA) is 77.2 Å². The fourth-order valence-corrected chi connectivity index (χ4v) is 2.45. The second-order valence-electron chi connectivity index (χ2n) is 6.36. The number of halogens is 3. The van der Waals surface area contributed by atoms with Gasteiger partial charge in [-0.25, -0.2) is 0 Å². The lowest BCUT2D eigenvalue weighted by molar-refractivity contribution is -0.159. The minimum absolute atomic E-state index is 0.167. The van der Waals surface area contributed by atoms with Gasteiger partial charge in [0.25, 0.3) is 0 Å². The lowest BCUT2D eigenvalue weighted by Gasteiger charge is -2.15. The number of nitrogens with zero attached hydrogens (tertiary/aromatic N) is 2. The largest absolute Gasteiger partial charge is 0.489 e. The number of aromatic nitrogens is 2. The van der Waals surface area contributed by atoms with Crippen LogP contribution in [0, 0.1) is 0 Å². The Labute approximate surface area is 170 Å². The molecule has 3 aromatic rings. The van der Waals surface area contributed by atoms with Gasteiger partial charge in [0.15, 0.2) is 0 Å². The quantitative estimate of drug-likeness (QED) is 0.579. The summed E-state index contributed by atoms with van der Waals surface area (Å²) in [4.78, 5) is 15.2. The third-order valence-electron chi connectivity index (χ3n) is 3.91. The van der Waals surface area contributed by atoms with Crippen LogP contribution in [0.25, 0.3) is 17.5 Å². The van der Waals surface area contributed by atoms with Crippen molar-refractivity contribution < 1.29 is 27.2 Å². The van der Waals surface area contributed by atoms with Crippen LogP contribution in [0.15, 0.2) is 65.2 Å². The van der Waals surface area contributed by atoms with E-state index in [0.717, 1.165) is 5.56 Å². The maximum atomic E-state index is 12.5. The third-order valence-corrected chi connectivity index (χ3v) is 3.91. The summed E-state index contributed by atoms with van der Waals surface area (Å²) < 4.78 is 47.5. The van der Waals surface area contributed by atoms with Crippen molar-refractivity contribution in [3.05, 3.63) is 72.1 Å². The number of amides is 1. The zero-order valence-electron chi connectivity index (χ0n) is 15.9. The summed E-state index contributed by atoms with van der Waals surface area (Å²) in [7, 11) is 0. The fraction of sp³-hybridized carbons (Fsp3) is 0.190. The van der Waals surface area contributed by atoms with Crippen LogP contribution in [-0.4, -0.2) is 28.7 Å². The van der Waals surface area contributed by atoms with E-state index in [0.29, 0.717) is 11.3 Å². The standard InChI is InChI=1S/C21H18F3N3O3/c1-14(13-25-18(28)12-7-15-5-3-2-4-6-15)29-17-10-8-16(9-11-17)19-26-20(30-27-19)21(22,23)24/h2-12,14H,13H2,1H3,(H,25,28)/b12-7+. The van der Waals surface area contributed by atoms with Crippen molar-refractivity contribution in [2.75, 3.05) is 6.54 Å². The molecule has 6 nitrogen and oxygen atoms in total. The first-order valence-corrected chi connectivity index (χ1v) is 9.00. The van der Waals surface area contributed by atoms with Gasteiger partial charge in [0.1, 0.15) is 11.9 Å². The molecule has 1 aromatic heterocycles. The highest BCUT2D eigenvalue weighted by molar-refractivity contribution is 5.91. The summed E-state index contributed by atoms with van der Waals surface area (Å²) >= 11 is 0. The van der Waals surface area contributed by atoms with E-state index in [9.17, 15) is 18.0 Å². The average molecular weight is 417 g/mol. The molecule has 0 fully saturated rings. The Balaban J connectivity index is 1.49. The van der Waals surface area contributed by atoms with Gasteiger partial charge in [-0.2, -0.15) is 18.2 Å². The van der Waals surface area contributed by atoms with Crippen LogP contribution in [0.3, 0.4) is 0 Å². The Morgan fingerprint density at radius 2 is 1.87 bits per heavy atom. The van der Waals surface area contributed by atoms with Crippen molar-refractivity contribution >= 4 is 12.0 Å². The normalized spacial score (nSPS) is 12.7. The van der Waals surface area contributed by atoms with Crippen molar-refractivity contribution in [3.8, 4) is 17.1 Å². The summed E-state index contributed by atoms with van der Waals surface area (Å²) in [5.41, 5.74) is 1.27. The van der Waals surface area contributed by atoms with Gasteiger partial charge in [0.05, 0.1) is 6.54 Å². The van der Waals surface area contributed by atoms with Gasteiger partial charge in [-0.1, -0.05) is 35.5 Å². The average Bonchev–Trinajstić information content (AvgIpc) is 3.23. The molecule has 9 heteroatoms. The first kappa shape index (κ1) is 21.1. The van der Waals surface area contributed by atoms with E-state index in [1.54, 1.807) is 25.1 Å². The molecular formula is C21H18F3N3O3. The molecule has 30 heavy (non-hydrogen) atoms. The van der Waals surface area contributed by atoms with Gasteiger partial charge in [-0.15, -0.1) is 0 Å². The number of hydrogen-bond donors (Lipinski definition) is 1. The van der Waals surface area contributed by atoms with Gasteiger partial charge in [0.2, 0.25) is 11.7 Å². The first-order valence-electron chi connectivity index (χ1n) is 9.00. The monoisotopic (exact) mass is 417 g/mol. The maximum Gasteiger partial charge on any atom is 0.471 e. The van der Waals surface area contributed by atoms with Crippen LogP contribution >= 0.6 is 0 Å². The predicted octanol–water partition coefficient (Wildman–Crippen LogP) is 4.35. The molecule has 1 heterocycles. The molecule has 0 aliphatic rings. The van der Waals surface area contributed by atoms with Crippen LogP contribution in [0.4, 0.5) is 13.2 Å². The Kier molecular flexibility index (Phi) is 6.51. The lowest BCUT2D eigenvalue weighted by atomic mass is 10.2. The summed E-state index contributed by atoms with van der Waals surface area (Å²) in [6, 6.07) is 15.6. The van der Waals surface area contributed by atoms with Crippen LogP contribution in [0.1, 0.15) is 18.4 Å². The molecule has 0 saturated heterocycles. The highest BCUT2D eigenvalue weighted by Crippen LogP contribution is 2.29. The van der Waals surface area contributed by atoms with Crippen molar-refractivity contribution in [1.29, 1.82) is 0 Å². The second kappa shape index (κ2) is 9.25. The molecule has 0 bridgehead atoms. The van der Waals surface area contributed by atoms with Crippen molar-refractivity contribution in [2.24, 2.45) is 0 Å². The van der Waals surface area contributed by atoms with Crippen LogP contribution < -0.4 is 10.1 Å². The molecule has 1 N–H and O–H groups in total. The van der Waals surface area contributed by atoms with Gasteiger partial charge in [0, 0.05) is 11.6 Å². The highest BCUT2D eigenvalue weighted by atomic mass is 19.4. The molecule has 3 rings (SSSR count). The van der Waals surface area contributed by atoms with E-state index in [1.165, 1.54) is 18.2 Å². The van der Waals surface area contributed by atoms with Crippen molar-refractivity contribution in [1.82, 2.24) is 15.5 Å². The van der Waals surface area contributed by atoms with Gasteiger partial charge in [-0.3, -0.25) is 4.79 Å². The van der Waals surface area contributed by atoms with E-state index in [1.807, 2.05) is 30.3 Å². The minimum atomic E-state index is -4.69. The number of nitrogens with one attached hydrogen (secondary N) is 1. The SMILES string of the molecule is CC(CNC(=O)/C=C/c1ccccc1)Oc1ccc(-c2noc(C(F)(F)F)n2)cc1. The Morgan fingerprint density at radius 3 is 2.50 bits per heavy atom. The number of carbonyl (C=O) groups is 1. The summed E-state index contributed by atoms with van der Waals surface area (Å²) in [6.07, 6.45) is -1.87. The van der Waals surface area contributed by atoms with E-state index >= 15 is 0 Å². The molecule has 0 saturated carbocycles. The van der Waals surface area contributed by atoms with E-state index < -0.39 is 12.1 Å². The Bertz CT molecular complexity index is 1000. The second-order valence-corrected chi connectivity index (χ2v) is 6.36. The third kappa shape index (κ3) is 5.94.